The normalized spacial score (nSPS) is 11.0. The van der Waals surface area contributed by atoms with Gasteiger partial charge in [0.1, 0.15) is 5.69 Å². The highest BCUT2D eigenvalue weighted by molar-refractivity contribution is 6.05. The summed E-state index contributed by atoms with van der Waals surface area (Å²) in [6.45, 7) is 0.561. The minimum Gasteiger partial charge on any atom is -0.303 e. The Morgan fingerprint density at radius 2 is 1.67 bits per heavy atom. The number of anilines is 1. The zero-order chi connectivity index (χ0) is 22.3. The standard InChI is InChI=1S/C16H11F5N6O3/c1-6-15(27(29)30)14(24-25(6)2)16(28)22-8-3-4-26(23-8)5-7-9(17)11(19)13(21)12(20)10(7)18/h3-4H,5H2,1-2H3,(H,22,23,28). The Morgan fingerprint density at radius 3 is 2.23 bits per heavy atom. The molecule has 9 nitrogen and oxygen atoms in total. The van der Waals surface area contributed by atoms with Gasteiger partial charge < -0.3 is 5.32 Å². The minimum absolute atomic E-state index is 0.127. The van der Waals surface area contributed by atoms with E-state index in [0.717, 1.165) is 21.6 Å². The van der Waals surface area contributed by atoms with Crippen molar-refractivity contribution in [2.45, 2.75) is 13.5 Å². The lowest BCUT2D eigenvalue weighted by molar-refractivity contribution is -0.385. The van der Waals surface area contributed by atoms with Crippen molar-refractivity contribution in [3.05, 3.63) is 68.4 Å². The van der Waals surface area contributed by atoms with Crippen LogP contribution in [-0.2, 0) is 13.6 Å². The van der Waals surface area contributed by atoms with E-state index >= 15 is 0 Å². The lowest BCUT2D eigenvalue weighted by Gasteiger charge is -2.08. The second-order valence-electron chi connectivity index (χ2n) is 6.06. The fourth-order valence-electron chi connectivity index (χ4n) is 2.61. The van der Waals surface area contributed by atoms with Crippen LogP contribution in [0.3, 0.4) is 0 Å². The van der Waals surface area contributed by atoms with Gasteiger partial charge in [0.05, 0.1) is 17.0 Å². The molecule has 0 aliphatic rings. The third kappa shape index (κ3) is 3.46. The molecule has 0 saturated carbocycles. The van der Waals surface area contributed by atoms with Crippen LogP contribution in [0.15, 0.2) is 12.3 Å². The number of hydrogen-bond acceptors (Lipinski definition) is 5. The molecule has 1 N–H and O–H groups in total. The number of nitro groups is 1. The first-order chi connectivity index (χ1) is 14.0. The molecule has 1 aromatic carbocycles. The van der Waals surface area contributed by atoms with Crippen molar-refractivity contribution in [2.24, 2.45) is 7.05 Å². The predicted octanol–water partition coefficient (Wildman–Crippen LogP) is 2.83. The fraction of sp³-hybridized carbons (Fsp3) is 0.188. The van der Waals surface area contributed by atoms with Crippen LogP contribution in [-0.4, -0.2) is 30.4 Å². The van der Waals surface area contributed by atoms with E-state index in [9.17, 15) is 36.9 Å². The van der Waals surface area contributed by atoms with Crippen LogP contribution in [0.25, 0.3) is 0 Å². The highest BCUT2D eigenvalue weighted by Crippen LogP contribution is 2.25. The third-order valence-electron chi connectivity index (χ3n) is 4.20. The molecule has 158 valence electrons. The molecule has 14 heteroatoms. The maximum atomic E-state index is 13.8. The molecule has 0 bridgehead atoms. The number of nitrogens with one attached hydrogen (secondary N) is 1. The van der Waals surface area contributed by atoms with Gasteiger partial charge in [-0.1, -0.05) is 0 Å². The summed E-state index contributed by atoms with van der Waals surface area (Å²) >= 11 is 0. The number of amides is 1. The second kappa shape index (κ2) is 7.53. The summed E-state index contributed by atoms with van der Waals surface area (Å²) in [7, 11) is 1.40. The average Bonchev–Trinajstić information content (AvgIpc) is 3.26. The summed E-state index contributed by atoms with van der Waals surface area (Å²) in [5.74, 6) is -11.7. The first kappa shape index (κ1) is 20.9. The van der Waals surface area contributed by atoms with E-state index < -0.39 is 63.4 Å². The van der Waals surface area contributed by atoms with Crippen LogP contribution in [0.5, 0.6) is 0 Å². The van der Waals surface area contributed by atoms with Gasteiger partial charge in [0.25, 0.3) is 5.91 Å². The molecular formula is C16H11F5N6O3. The molecule has 3 aromatic rings. The summed E-state index contributed by atoms with van der Waals surface area (Å²) in [5.41, 5.74) is -2.00. The Hall–Kier alpha value is -3.84. The van der Waals surface area contributed by atoms with Crippen molar-refractivity contribution in [3.63, 3.8) is 0 Å². The monoisotopic (exact) mass is 430 g/mol. The Kier molecular flexibility index (Phi) is 5.24. The Labute approximate surface area is 163 Å². The first-order valence-electron chi connectivity index (χ1n) is 8.06. The maximum Gasteiger partial charge on any atom is 0.322 e. The molecule has 0 fully saturated rings. The minimum atomic E-state index is -2.28. The van der Waals surface area contributed by atoms with E-state index in [2.05, 4.69) is 15.5 Å². The topological polar surface area (TPSA) is 108 Å². The summed E-state index contributed by atoms with van der Waals surface area (Å²) in [6, 6.07) is 1.16. The number of halogens is 5. The Balaban J connectivity index is 1.85. The van der Waals surface area contributed by atoms with Gasteiger partial charge in [-0.05, 0) is 6.92 Å². The van der Waals surface area contributed by atoms with Crippen molar-refractivity contribution in [2.75, 3.05) is 5.32 Å². The molecule has 1 amide bonds. The van der Waals surface area contributed by atoms with Crippen molar-refractivity contribution < 1.29 is 31.7 Å². The van der Waals surface area contributed by atoms with Crippen LogP contribution in [0.2, 0.25) is 0 Å². The lowest BCUT2D eigenvalue weighted by atomic mass is 10.1. The number of aromatic nitrogens is 4. The molecule has 0 aliphatic carbocycles. The predicted molar refractivity (Wildman–Crippen MR) is 90.1 cm³/mol. The molecule has 2 heterocycles. The Bertz CT molecular complexity index is 1160. The molecule has 0 aliphatic heterocycles. The van der Waals surface area contributed by atoms with E-state index in [0.29, 0.717) is 0 Å². The zero-order valence-corrected chi connectivity index (χ0v) is 15.2. The average molecular weight is 430 g/mol. The molecule has 0 unspecified atom stereocenters. The molecule has 0 saturated heterocycles. The van der Waals surface area contributed by atoms with Crippen LogP contribution < -0.4 is 5.32 Å². The van der Waals surface area contributed by atoms with Crippen molar-refractivity contribution in [3.8, 4) is 0 Å². The second-order valence-corrected chi connectivity index (χ2v) is 6.06. The van der Waals surface area contributed by atoms with Gasteiger partial charge in [-0.3, -0.25) is 24.3 Å². The molecular weight excluding hydrogens is 419 g/mol. The highest BCUT2D eigenvalue weighted by atomic mass is 19.2. The van der Waals surface area contributed by atoms with Gasteiger partial charge >= 0.3 is 5.69 Å². The van der Waals surface area contributed by atoms with Crippen LogP contribution in [0.4, 0.5) is 33.5 Å². The maximum absolute atomic E-state index is 13.8. The van der Waals surface area contributed by atoms with Gasteiger partial charge in [-0.2, -0.15) is 10.2 Å². The number of benzene rings is 1. The number of nitrogens with zero attached hydrogens (tertiary/aromatic N) is 5. The Morgan fingerprint density at radius 1 is 1.10 bits per heavy atom. The molecule has 0 atom stereocenters. The van der Waals surface area contributed by atoms with Crippen LogP contribution >= 0.6 is 0 Å². The molecule has 2 aromatic heterocycles. The first-order valence-corrected chi connectivity index (χ1v) is 8.06. The largest absolute Gasteiger partial charge is 0.322 e. The van der Waals surface area contributed by atoms with E-state index in [1.54, 1.807) is 0 Å². The fourth-order valence-corrected chi connectivity index (χ4v) is 2.61. The molecule has 3 rings (SSSR count). The SMILES string of the molecule is Cc1c([N+](=O)[O-])c(C(=O)Nc2ccn(Cc3c(F)c(F)c(F)c(F)c3F)n2)nn1C. The summed E-state index contributed by atoms with van der Waals surface area (Å²) in [5, 5.41) is 20.9. The number of carbonyl (C=O) groups is 1. The zero-order valence-electron chi connectivity index (χ0n) is 15.2. The third-order valence-corrected chi connectivity index (χ3v) is 4.20. The molecule has 0 radical (unpaired) electrons. The van der Waals surface area contributed by atoms with E-state index in [1.807, 2.05) is 0 Å². The smallest absolute Gasteiger partial charge is 0.303 e. The van der Waals surface area contributed by atoms with Gasteiger partial charge in [-0.25, -0.2) is 22.0 Å². The number of carbonyl (C=O) groups excluding carboxylic acids is 1. The summed E-state index contributed by atoms with van der Waals surface area (Å²) < 4.78 is 69.2. The highest BCUT2D eigenvalue weighted by Gasteiger charge is 2.29. The van der Waals surface area contributed by atoms with Gasteiger partial charge in [0.2, 0.25) is 11.5 Å². The van der Waals surface area contributed by atoms with Crippen LogP contribution in [0, 0.1) is 46.1 Å². The van der Waals surface area contributed by atoms with Gasteiger partial charge in [0.15, 0.2) is 29.1 Å². The van der Waals surface area contributed by atoms with Crippen LogP contribution in [0.1, 0.15) is 21.7 Å². The van der Waals surface area contributed by atoms with Crippen molar-refractivity contribution in [1.82, 2.24) is 19.6 Å². The van der Waals surface area contributed by atoms with Gasteiger partial charge in [-0.15, -0.1) is 0 Å². The number of hydrogen-bond donors (Lipinski definition) is 1. The van der Waals surface area contributed by atoms with E-state index in [1.165, 1.54) is 14.0 Å². The summed E-state index contributed by atoms with van der Waals surface area (Å²) in [6.07, 6.45) is 1.10. The van der Waals surface area contributed by atoms with E-state index in [-0.39, 0.29) is 11.5 Å². The number of rotatable bonds is 5. The van der Waals surface area contributed by atoms with E-state index in [4.69, 9.17) is 0 Å². The van der Waals surface area contributed by atoms with Gasteiger partial charge in [0, 0.05) is 19.3 Å². The molecule has 0 spiro atoms. The lowest BCUT2D eigenvalue weighted by Crippen LogP contribution is -2.16. The molecule has 30 heavy (non-hydrogen) atoms. The van der Waals surface area contributed by atoms with Crippen molar-refractivity contribution >= 4 is 17.4 Å². The number of aryl methyl sites for hydroxylation is 1. The quantitative estimate of drug-likeness (QED) is 0.220. The van der Waals surface area contributed by atoms with Crippen molar-refractivity contribution in [1.29, 1.82) is 0 Å². The summed E-state index contributed by atoms with van der Waals surface area (Å²) in [4.78, 5) is 22.7.